The van der Waals surface area contributed by atoms with Gasteiger partial charge in [0.25, 0.3) is 11.8 Å². The minimum absolute atomic E-state index is 0.0295. The second kappa shape index (κ2) is 10.5. The highest BCUT2D eigenvalue weighted by Crippen LogP contribution is 2.43. The Labute approximate surface area is 238 Å². The predicted molar refractivity (Wildman–Crippen MR) is 139 cm³/mol. The lowest BCUT2D eigenvalue weighted by Gasteiger charge is -2.43. The van der Waals surface area contributed by atoms with E-state index >= 15 is 0 Å². The van der Waals surface area contributed by atoms with E-state index in [2.05, 4.69) is 5.32 Å². The molecule has 3 heterocycles. The van der Waals surface area contributed by atoms with Crippen molar-refractivity contribution in [2.75, 3.05) is 31.8 Å². The summed E-state index contributed by atoms with van der Waals surface area (Å²) in [7, 11) is 1.38. The number of piperidine rings is 1. The zero-order chi connectivity index (χ0) is 30.6. The molecule has 1 spiro atoms. The molecule has 0 saturated carbocycles. The number of urea groups is 1. The lowest BCUT2D eigenvalue weighted by atomic mass is 9.85. The molecule has 224 valence electrons. The summed E-state index contributed by atoms with van der Waals surface area (Å²) in [6.45, 7) is 3.38. The third kappa shape index (κ3) is 4.88. The van der Waals surface area contributed by atoms with Crippen molar-refractivity contribution in [3.63, 3.8) is 0 Å². The summed E-state index contributed by atoms with van der Waals surface area (Å²) in [5, 5.41) is 2.39. The Hall–Kier alpha value is -4.36. The fourth-order valence-corrected chi connectivity index (χ4v) is 5.55. The molecule has 0 aliphatic carbocycles. The fourth-order valence-electron chi connectivity index (χ4n) is 5.55. The number of carbonyl (C=O) groups excluding carboxylic acids is 4. The van der Waals surface area contributed by atoms with Crippen molar-refractivity contribution in [2.24, 2.45) is 5.92 Å². The molecular weight excluding hydrogens is 564 g/mol. The molecule has 3 aliphatic heterocycles. The van der Waals surface area contributed by atoms with Crippen molar-refractivity contribution in [1.29, 1.82) is 0 Å². The summed E-state index contributed by atoms with van der Waals surface area (Å²) >= 11 is 0. The normalized spacial score (nSPS) is 18.7. The highest BCUT2D eigenvalue weighted by molar-refractivity contribution is 6.17. The molecule has 1 N–H and O–H groups in total. The van der Waals surface area contributed by atoms with Crippen LogP contribution in [0.1, 0.15) is 42.6 Å². The number of likely N-dealkylation sites (N-methyl/N-ethyl adjacent to an activating group) is 1. The number of amides is 5. The van der Waals surface area contributed by atoms with Crippen molar-refractivity contribution >= 4 is 29.4 Å². The zero-order valence-corrected chi connectivity index (χ0v) is 23.0. The van der Waals surface area contributed by atoms with Crippen molar-refractivity contribution in [3.8, 4) is 11.5 Å². The molecular formula is C28H28F4N4O6. The van der Waals surface area contributed by atoms with E-state index in [0.717, 1.165) is 4.90 Å². The second-order valence-corrected chi connectivity index (χ2v) is 10.8. The molecule has 2 aromatic carbocycles. The number of carbonyl (C=O) groups is 4. The molecule has 3 aliphatic rings. The van der Waals surface area contributed by atoms with Crippen LogP contribution < -0.4 is 19.7 Å². The van der Waals surface area contributed by atoms with Crippen LogP contribution in [0.4, 0.5) is 28.0 Å². The van der Waals surface area contributed by atoms with E-state index in [0.29, 0.717) is 35.4 Å². The van der Waals surface area contributed by atoms with Gasteiger partial charge in [-0.15, -0.1) is 0 Å². The summed E-state index contributed by atoms with van der Waals surface area (Å²) in [5.41, 5.74) is -2.88. The highest BCUT2D eigenvalue weighted by Gasteiger charge is 2.58. The molecule has 10 nitrogen and oxygen atoms in total. The molecule has 1 unspecified atom stereocenters. The zero-order valence-electron chi connectivity index (χ0n) is 23.0. The van der Waals surface area contributed by atoms with Crippen LogP contribution in [-0.4, -0.2) is 72.1 Å². The van der Waals surface area contributed by atoms with Crippen molar-refractivity contribution < 1.29 is 46.2 Å². The maximum atomic E-state index is 14.3. The van der Waals surface area contributed by atoms with Gasteiger partial charge in [0.1, 0.15) is 17.4 Å². The van der Waals surface area contributed by atoms with Crippen LogP contribution in [0.5, 0.6) is 11.5 Å². The van der Waals surface area contributed by atoms with Gasteiger partial charge in [0.05, 0.1) is 16.8 Å². The van der Waals surface area contributed by atoms with Gasteiger partial charge in [-0.3, -0.25) is 24.2 Å². The Morgan fingerprint density at radius 2 is 1.67 bits per heavy atom. The number of anilines is 1. The largest absolute Gasteiger partial charge is 0.454 e. The highest BCUT2D eigenvalue weighted by atomic mass is 19.4. The molecule has 0 radical (unpaired) electrons. The van der Waals surface area contributed by atoms with E-state index in [1.807, 2.05) is 0 Å². The molecule has 2 fully saturated rings. The summed E-state index contributed by atoms with van der Waals surface area (Å²) in [5.74, 6) is -2.86. The van der Waals surface area contributed by atoms with Gasteiger partial charge in [-0.25, -0.2) is 9.18 Å². The molecule has 2 saturated heterocycles. The molecule has 14 heteroatoms. The van der Waals surface area contributed by atoms with Crippen LogP contribution >= 0.6 is 0 Å². The van der Waals surface area contributed by atoms with Gasteiger partial charge in [-0.2, -0.15) is 13.2 Å². The van der Waals surface area contributed by atoms with E-state index in [1.165, 1.54) is 16.8 Å². The van der Waals surface area contributed by atoms with Gasteiger partial charge in [-0.1, -0.05) is 13.8 Å². The Kier molecular flexibility index (Phi) is 7.27. The van der Waals surface area contributed by atoms with Crippen molar-refractivity contribution in [1.82, 2.24) is 15.1 Å². The van der Waals surface area contributed by atoms with E-state index in [1.54, 1.807) is 32.0 Å². The molecule has 5 amide bonds. The molecule has 2 aromatic rings. The lowest BCUT2D eigenvalue weighted by Crippen LogP contribution is -2.60. The smallest absolute Gasteiger partial charge is 0.416 e. The Morgan fingerprint density at radius 3 is 2.31 bits per heavy atom. The third-order valence-corrected chi connectivity index (χ3v) is 7.88. The molecule has 0 bridgehead atoms. The Balaban J connectivity index is 1.34. The van der Waals surface area contributed by atoms with Crippen LogP contribution in [0.25, 0.3) is 0 Å². The number of alkyl halides is 3. The number of benzene rings is 2. The quantitative estimate of drug-likeness (QED) is 0.418. The number of halogens is 4. The average Bonchev–Trinajstić information content (AvgIpc) is 3.48. The topological polar surface area (TPSA) is 108 Å². The first kappa shape index (κ1) is 29.1. The van der Waals surface area contributed by atoms with Gasteiger partial charge in [-0.05, 0) is 49.1 Å². The standard InChI is InChI=1S/C28H28F4N4O6/c1-15(2)22(33-23(37)18-12-16(28(30,31)32)4-6-19(18)29)24(38)35-10-8-27(9-11-35)25(39)34(3)26(40)36(27)17-5-7-20-21(13-17)42-14-41-20/h4-7,12-13,15,22H,8-11,14H2,1-3H3,(H,33,37). The maximum Gasteiger partial charge on any atom is 0.416 e. The second-order valence-electron chi connectivity index (χ2n) is 10.8. The summed E-state index contributed by atoms with van der Waals surface area (Å²) in [4.78, 5) is 56.8. The monoisotopic (exact) mass is 592 g/mol. The first-order valence-electron chi connectivity index (χ1n) is 13.2. The Morgan fingerprint density at radius 1 is 1.00 bits per heavy atom. The van der Waals surface area contributed by atoms with Crippen LogP contribution in [0, 0.1) is 11.7 Å². The summed E-state index contributed by atoms with van der Waals surface area (Å²) in [6.07, 6.45) is -4.62. The van der Waals surface area contributed by atoms with Gasteiger partial charge in [0, 0.05) is 26.2 Å². The van der Waals surface area contributed by atoms with Gasteiger partial charge >= 0.3 is 12.2 Å². The number of hydrogen-bond acceptors (Lipinski definition) is 6. The lowest BCUT2D eigenvalue weighted by molar-refractivity contribution is -0.139. The van der Waals surface area contributed by atoms with E-state index in [-0.39, 0.29) is 32.7 Å². The predicted octanol–water partition coefficient (Wildman–Crippen LogP) is 3.79. The van der Waals surface area contributed by atoms with Crippen LogP contribution in [0.15, 0.2) is 36.4 Å². The number of hydrogen-bond donors (Lipinski definition) is 1. The van der Waals surface area contributed by atoms with Gasteiger partial charge < -0.3 is 19.7 Å². The summed E-state index contributed by atoms with van der Waals surface area (Å²) in [6, 6.07) is 4.67. The first-order valence-corrected chi connectivity index (χ1v) is 13.2. The average molecular weight is 593 g/mol. The summed E-state index contributed by atoms with van der Waals surface area (Å²) < 4.78 is 64.5. The van der Waals surface area contributed by atoms with Gasteiger partial charge in [0.2, 0.25) is 12.7 Å². The number of fused-ring (bicyclic) bond motifs is 1. The minimum atomic E-state index is -4.79. The molecule has 0 aromatic heterocycles. The number of imide groups is 1. The Bertz CT molecular complexity index is 1450. The van der Waals surface area contributed by atoms with Crippen molar-refractivity contribution in [2.45, 2.75) is 44.4 Å². The molecule has 42 heavy (non-hydrogen) atoms. The minimum Gasteiger partial charge on any atom is -0.454 e. The number of nitrogens with zero attached hydrogens (tertiary/aromatic N) is 3. The first-order chi connectivity index (χ1) is 19.7. The number of nitrogens with one attached hydrogen (secondary N) is 1. The van der Waals surface area contributed by atoms with E-state index in [4.69, 9.17) is 9.47 Å². The molecule has 1 atom stereocenters. The van der Waals surface area contributed by atoms with Gasteiger partial charge in [0.15, 0.2) is 11.5 Å². The van der Waals surface area contributed by atoms with Crippen LogP contribution in [0.3, 0.4) is 0 Å². The van der Waals surface area contributed by atoms with E-state index < -0.39 is 64.4 Å². The van der Waals surface area contributed by atoms with Crippen molar-refractivity contribution in [3.05, 3.63) is 53.3 Å². The SMILES string of the molecule is CC(C)C(NC(=O)c1cc(C(F)(F)F)ccc1F)C(=O)N1CCC2(CC1)C(=O)N(C)C(=O)N2c1ccc2c(c1)OCO2. The maximum absolute atomic E-state index is 14.3. The fraction of sp³-hybridized carbons (Fsp3) is 0.429. The van der Waals surface area contributed by atoms with Crippen LogP contribution in [0.2, 0.25) is 0 Å². The van der Waals surface area contributed by atoms with Crippen LogP contribution in [-0.2, 0) is 15.8 Å². The number of likely N-dealkylation sites (tertiary alicyclic amines) is 1. The number of rotatable bonds is 5. The van der Waals surface area contributed by atoms with E-state index in [9.17, 15) is 36.7 Å². The third-order valence-electron chi connectivity index (χ3n) is 7.88. The molecule has 5 rings (SSSR count). The number of ether oxygens (including phenoxy) is 2.